The predicted molar refractivity (Wildman–Crippen MR) is 129 cm³/mol. The van der Waals surface area contributed by atoms with Crippen molar-refractivity contribution < 1.29 is 9.53 Å². The zero-order valence-electron chi connectivity index (χ0n) is 18.6. The van der Waals surface area contributed by atoms with E-state index in [1.165, 1.54) is 6.20 Å². The molecule has 0 saturated carbocycles. The van der Waals surface area contributed by atoms with Crippen LogP contribution in [-0.4, -0.2) is 38.2 Å². The van der Waals surface area contributed by atoms with Crippen LogP contribution >= 0.6 is 11.6 Å². The van der Waals surface area contributed by atoms with Crippen LogP contribution in [-0.2, 0) is 13.1 Å². The van der Waals surface area contributed by atoms with E-state index in [1.807, 2.05) is 41.8 Å². The number of aryl methyl sites for hydroxylation is 1. The first-order valence-electron chi connectivity index (χ1n) is 10.8. The smallest absolute Gasteiger partial charge is 0.271 e. The van der Waals surface area contributed by atoms with Gasteiger partial charge < -0.3 is 19.2 Å². The van der Waals surface area contributed by atoms with E-state index >= 15 is 0 Å². The van der Waals surface area contributed by atoms with Crippen molar-refractivity contribution in [1.82, 2.24) is 24.4 Å². The van der Waals surface area contributed by atoms with E-state index in [9.17, 15) is 9.59 Å². The maximum atomic E-state index is 12.5. The number of carbonyl (C=O) groups is 1. The number of rotatable bonds is 9. The molecule has 0 fully saturated rings. The molecule has 1 N–H and O–H groups in total. The summed E-state index contributed by atoms with van der Waals surface area (Å²) in [4.78, 5) is 32.7. The number of nitrogens with zero attached hydrogens (tertiary/aromatic N) is 4. The van der Waals surface area contributed by atoms with Crippen LogP contribution in [0.2, 0.25) is 5.02 Å². The van der Waals surface area contributed by atoms with Gasteiger partial charge in [0.15, 0.2) is 0 Å². The number of carbonyl (C=O) groups excluding carboxylic acids is 1. The summed E-state index contributed by atoms with van der Waals surface area (Å²) in [6.45, 7) is 3.58. The van der Waals surface area contributed by atoms with Gasteiger partial charge >= 0.3 is 0 Å². The number of imidazole rings is 1. The fourth-order valence-corrected chi connectivity index (χ4v) is 3.57. The monoisotopic (exact) mass is 477 g/mol. The molecule has 174 valence electrons. The van der Waals surface area contributed by atoms with E-state index in [0.717, 1.165) is 17.0 Å². The van der Waals surface area contributed by atoms with Crippen LogP contribution in [0.3, 0.4) is 0 Å². The Labute approximate surface area is 201 Å². The average Bonchev–Trinajstić information content (AvgIpc) is 3.19. The number of benzene rings is 1. The molecule has 8 nitrogen and oxygen atoms in total. The molecule has 0 atom stereocenters. The summed E-state index contributed by atoms with van der Waals surface area (Å²) in [6.07, 6.45) is 6.60. The second-order valence-corrected chi connectivity index (χ2v) is 8.16. The summed E-state index contributed by atoms with van der Waals surface area (Å²) in [6, 6.07) is 14.8. The van der Waals surface area contributed by atoms with Gasteiger partial charge in [-0.3, -0.25) is 14.6 Å². The van der Waals surface area contributed by atoms with Gasteiger partial charge in [0.2, 0.25) is 0 Å². The number of halogens is 1. The molecule has 0 aliphatic heterocycles. The van der Waals surface area contributed by atoms with Crippen LogP contribution in [0.15, 0.2) is 78.1 Å². The van der Waals surface area contributed by atoms with Crippen LogP contribution in [0.1, 0.15) is 27.4 Å². The zero-order valence-corrected chi connectivity index (χ0v) is 19.4. The highest BCUT2D eigenvalue weighted by Gasteiger charge is 2.12. The molecular weight excluding hydrogens is 454 g/mol. The lowest BCUT2D eigenvalue weighted by Crippen LogP contribution is -2.28. The maximum absolute atomic E-state index is 12.5. The van der Waals surface area contributed by atoms with Crippen molar-refractivity contribution in [3.8, 4) is 5.75 Å². The molecule has 3 heterocycles. The lowest BCUT2D eigenvalue weighted by atomic mass is 10.1. The number of nitrogens with one attached hydrogen (secondary N) is 1. The Morgan fingerprint density at radius 1 is 1.06 bits per heavy atom. The van der Waals surface area contributed by atoms with Gasteiger partial charge in [-0.1, -0.05) is 41.9 Å². The number of hydrogen-bond acceptors (Lipinski definition) is 5. The Kier molecular flexibility index (Phi) is 7.39. The van der Waals surface area contributed by atoms with E-state index in [1.54, 1.807) is 41.4 Å². The van der Waals surface area contributed by atoms with Gasteiger partial charge in [-0.2, -0.15) is 0 Å². The van der Waals surface area contributed by atoms with Gasteiger partial charge in [0.1, 0.15) is 23.9 Å². The Bertz CT molecular complexity index is 1330. The van der Waals surface area contributed by atoms with Gasteiger partial charge in [-0.05, 0) is 24.1 Å². The van der Waals surface area contributed by atoms with Crippen molar-refractivity contribution in [1.29, 1.82) is 0 Å². The van der Waals surface area contributed by atoms with Gasteiger partial charge in [0, 0.05) is 37.3 Å². The summed E-state index contributed by atoms with van der Waals surface area (Å²) in [5.41, 5.74) is 2.43. The predicted octanol–water partition coefficient (Wildman–Crippen LogP) is 3.31. The molecule has 1 amide bonds. The lowest BCUT2D eigenvalue weighted by molar-refractivity contribution is 0.0942. The fraction of sp³-hybridized carbons (Fsp3) is 0.200. The third kappa shape index (κ3) is 6.11. The first-order valence-corrected chi connectivity index (χ1v) is 11.1. The van der Waals surface area contributed by atoms with E-state index in [-0.39, 0.29) is 18.1 Å². The van der Waals surface area contributed by atoms with Crippen molar-refractivity contribution in [2.45, 2.75) is 20.0 Å². The largest absolute Gasteiger partial charge is 0.490 e. The van der Waals surface area contributed by atoms with Gasteiger partial charge in [-0.25, -0.2) is 4.98 Å². The molecule has 0 unspecified atom stereocenters. The first-order chi connectivity index (χ1) is 16.5. The fourth-order valence-electron chi connectivity index (χ4n) is 3.41. The Morgan fingerprint density at radius 3 is 2.50 bits per heavy atom. The molecule has 4 rings (SSSR count). The minimum absolute atomic E-state index is 0.0283. The Hall–Kier alpha value is -3.91. The highest BCUT2D eigenvalue weighted by molar-refractivity contribution is 6.30. The van der Waals surface area contributed by atoms with Crippen molar-refractivity contribution in [3.63, 3.8) is 0 Å². The van der Waals surface area contributed by atoms with Crippen LogP contribution in [0.4, 0.5) is 0 Å². The summed E-state index contributed by atoms with van der Waals surface area (Å²) in [5.74, 6) is 1.02. The van der Waals surface area contributed by atoms with Crippen molar-refractivity contribution >= 4 is 17.5 Å². The molecule has 0 bridgehead atoms. The third-order valence-corrected chi connectivity index (χ3v) is 5.38. The third-order valence-electron chi connectivity index (χ3n) is 5.17. The zero-order chi connectivity index (χ0) is 23.9. The normalized spacial score (nSPS) is 10.8. The second kappa shape index (κ2) is 10.8. The molecule has 9 heteroatoms. The number of amides is 1. The van der Waals surface area contributed by atoms with Crippen molar-refractivity contribution in [3.05, 3.63) is 111 Å². The minimum atomic E-state index is -0.265. The SMILES string of the molecule is Cc1nc(C(=O)NCCOc2cncc(Cl)c2)cn1Cc1ccc(Cn2ccccc2=O)cc1. The molecule has 1 aromatic carbocycles. The van der Waals surface area contributed by atoms with Gasteiger partial charge in [0.25, 0.3) is 11.5 Å². The Balaban J connectivity index is 1.30. The Morgan fingerprint density at radius 2 is 1.79 bits per heavy atom. The van der Waals surface area contributed by atoms with Gasteiger partial charge in [0.05, 0.1) is 24.3 Å². The number of aromatic nitrogens is 4. The van der Waals surface area contributed by atoms with Crippen LogP contribution < -0.4 is 15.6 Å². The van der Waals surface area contributed by atoms with Crippen molar-refractivity contribution in [2.24, 2.45) is 0 Å². The molecule has 0 spiro atoms. The van der Waals surface area contributed by atoms with Crippen LogP contribution in [0.5, 0.6) is 5.75 Å². The molecule has 0 saturated heterocycles. The molecule has 0 aliphatic rings. The summed E-state index contributed by atoms with van der Waals surface area (Å²) >= 11 is 5.87. The summed E-state index contributed by atoms with van der Waals surface area (Å²) in [5, 5.41) is 3.29. The first kappa shape index (κ1) is 23.3. The quantitative estimate of drug-likeness (QED) is 0.373. The van der Waals surface area contributed by atoms with E-state index in [4.69, 9.17) is 16.3 Å². The topological polar surface area (TPSA) is 91.0 Å². The molecule has 0 aliphatic carbocycles. The van der Waals surface area contributed by atoms with Crippen LogP contribution in [0.25, 0.3) is 0 Å². The highest BCUT2D eigenvalue weighted by atomic mass is 35.5. The second-order valence-electron chi connectivity index (χ2n) is 7.73. The lowest BCUT2D eigenvalue weighted by Gasteiger charge is -2.08. The summed E-state index contributed by atoms with van der Waals surface area (Å²) < 4.78 is 9.12. The maximum Gasteiger partial charge on any atom is 0.271 e. The highest BCUT2D eigenvalue weighted by Crippen LogP contribution is 2.15. The molecule has 3 aromatic heterocycles. The van der Waals surface area contributed by atoms with E-state index < -0.39 is 0 Å². The average molecular weight is 478 g/mol. The number of pyridine rings is 2. The summed E-state index contributed by atoms with van der Waals surface area (Å²) in [7, 11) is 0. The molecule has 0 radical (unpaired) electrons. The molecular formula is C25H24ClN5O3. The molecule has 34 heavy (non-hydrogen) atoms. The number of hydrogen-bond donors (Lipinski definition) is 1. The number of ether oxygens (including phenoxy) is 1. The minimum Gasteiger partial charge on any atom is -0.490 e. The molecule has 4 aromatic rings. The van der Waals surface area contributed by atoms with E-state index in [0.29, 0.717) is 36.1 Å². The van der Waals surface area contributed by atoms with Crippen LogP contribution in [0, 0.1) is 6.92 Å². The van der Waals surface area contributed by atoms with Gasteiger partial charge in [-0.15, -0.1) is 0 Å². The van der Waals surface area contributed by atoms with E-state index in [2.05, 4.69) is 15.3 Å². The van der Waals surface area contributed by atoms with Crippen molar-refractivity contribution in [2.75, 3.05) is 13.2 Å². The standard InChI is InChI=1S/C25H24ClN5O3/c1-18-29-23(25(33)28-9-11-34-22-12-21(26)13-27-14-22)17-31(18)16-20-7-5-19(6-8-20)15-30-10-3-2-4-24(30)32/h2-8,10,12-14,17H,9,11,15-16H2,1H3,(H,28,33).